The maximum atomic E-state index is 12.1. The van der Waals surface area contributed by atoms with Gasteiger partial charge in [0.2, 0.25) is 5.91 Å². The van der Waals surface area contributed by atoms with Gasteiger partial charge in [-0.2, -0.15) is 10.2 Å². The van der Waals surface area contributed by atoms with Crippen LogP contribution in [-0.2, 0) is 11.8 Å². The second kappa shape index (κ2) is 4.48. The van der Waals surface area contributed by atoms with E-state index in [-0.39, 0.29) is 5.91 Å². The highest BCUT2D eigenvalue weighted by Gasteiger charge is 2.19. The predicted molar refractivity (Wildman–Crippen MR) is 71.1 cm³/mol. The van der Waals surface area contributed by atoms with Crippen LogP contribution in [0.2, 0.25) is 0 Å². The largest absolute Gasteiger partial charge is 0.363 e. The lowest BCUT2D eigenvalue weighted by Crippen LogP contribution is -2.24. The lowest BCUT2D eigenvalue weighted by molar-refractivity contribution is -0.119. The van der Waals surface area contributed by atoms with Gasteiger partial charge in [0.25, 0.3) is 0 Å². The monoisotopic (exact) mass is 274 g/mol. The van der Waals surface area contributed by atoms with E-state index in [9.17, 15) is 4.79 Å². The van der Waals surface area contributed by atoms with Crippen molar-refractivity contribution >= 4 is 22.8 Å². The van der Waals surface area contributed by atoms with E-state index >= 15 is 0 Å². The summed E-state index contributed by atoms with van der Waals surface area (Å²) in [5, 5.41) is 15.0. The van der Waals surface area contributed by atoms with E-state index in [1.54, 1.807) is 22.4 Å². The van der Waals surface area contributed by atoms with Crippen LogP contribution in [-0.4, -0.2) is 30.6 Å². The van der Waals surface area contributed by atoms with Crippen molar-refractivity contribution < 1.29 is 9.32 Å². The van der Waals surface area contributed by atoms with Gasteiger partial charge in [-0.05, 0) is 13.8 Å². The average molecular weight is 274 g/mol. The predicted octanol–water partition coefficient (Wildman–Crippen LogP) is 1.27. The van der Waals surface area contributed by atoms with Crippen molar-refractivity contribution in [3.05, 3.63) is 24.2 Å². The first-order chi connectivity index (χ1) is 9.56. The zero-order valence-corrected chi connectivity index (χ0v) is 11.4. The van der Waals surface area contributed by atoms with Gasteiger partial charge in [-0.25, -0.2) is 0 Å². The molecule has 3 heterocycles. The molecule has 1 N–H and O–H groups in total. The van der Waals surface area contributed by atoms with Crippen molar-refractivity contribution in [2.24, 2.45) is 7.05 Å². The molecule has 8 heteroatoms. The van der Waals surface area contributed by atoms with Gasteiger partial charge < -0.3 is 9.84 Å². The maximum absolute atomic E-state index is 12.1. The van der Waals surface area contributed by atoms with Crippen LogP contribution in [0.25, 0.3) is 11.0 Å². The average Bonchev–Trinajstić information content (AvgIpc) is 3.09. The van der Waals surface area contributed by atoms with Gasteiger partial charge in [-0.1, -0.05) is 5.16 Å². The van der Waals surface area contributed by atoms with E-state index in [2.05, 4.69) is 25.2 Å². The molecule has 1 amide bonds. The number of nitrogens with one attached hydrogen (secondary N) is 1. The Morgan fingerprint density at radius 2 is 2.25 bits per heavy atom. The van der Waals surface area contributed by atoms with Gasteiger partial charge >= 0.3 is 0 Å². The molecule has 0 radical (unpaired) electrons. The van der Waals surface area contributed by atoms with Crippen LogP contribution < -0.4 is 5.32 Å². The molecule has 0 aliphatic carbocycles. The third kappa shape index (κ3) is 1.94. The Hall–Kier alpha value is -2.64. The zero-order chi connectivity index (χ0) is 14.3. The molecule has 0 bridgehead atoms. The highest BCUT2D eigenvalue weighted by atomic mass is 16.5. The number of amides is 1. The highest BCUT2D eigenvalue weighted by Crippen LogP contribution is 2.18. The number of anilines is 1. The Morgan fingerprint density at radius 1 is 1.45 bits per heavy atom. The number of rotatable bonds is 3. The number of nitrogens with zero attached hydrogens (tertiary/aromatic N) is 5. The second-order valence-corrected chi connectivity index (χ2v) is 4.60. The maximum Gasteiger partial charge on any atom is 0.250 e. The van der Waals surface area contributed by atoms with E-state index in [1.807, 2.05) is 20.2 Å². The quantitative estimate of drug-likeness (QED) is 0.776. The summed E-state index contributed by atoms with van der Waals surface area (Å²) in [6.45, 7) is 3.66. The first kappa shape index (κ1) is 12.4. The highest BCUT2D eigenvalue weighted by molar-refractivity contribution is 5.92. The van der Waals surface area contributed by atoms with Crippen LogP contribution in [0, 0.1) is 6.92 Å². The molecule has 8 nitrogen and oxygen atoms in total. The Morgan fingerprint density at radius 3 is 2.90 bits per heavy atom. The topological polar surface area (TPSA) is 90.8 Å². The molecule has 3 aromatic rings. The lowest BCUT2D eigenvalue weighted by Gasteiger charge is -2.10. The van der Waals surface area contributed by atoms with Crippen LogP contribution in [0.4, 0.5) is 5.82 Å². The molecule has 0 aliphatic heterocycles. The lowest BCUT2D eigenvalue weighted by atomic mass is 10.3. The molecule has 3 aromatic heterocycles. The Kier molecular flexibility index (Phi) is 2.78. The smallest absolute Gasteiger partial charge is 0.250 e. The fourth-order valence-corrected chi connectivity index (χ4v) is 2.03. The van der Waals surface area contributed by atoms with Crippen molar-refractivity contribution in [2.75, 3.05) is 5.32 Å². The summed E-state index contributed by atoms with van der Waals surface area (Å²) in [6, 6.07) is 1.12. The minimum Gasteiger partial charge on any atom is -0.363 e. The third-order valence-electron chi connectivity index (χ3n) is 3.17. The van der Waals surface area contributed by atoms with Crippen LogP contribution in [0.15, 0.2) is 23.0 Å². The normalized spacial score (nSPS) is 12.8. The SMILES string of the molecule is Cc1nn(C)c2cn([C@@H](C)C(=O)Nc3ccon3)nc12. The number of fused-ring (bicyclic) bond motifs is 1. The standard InChI is InChI=1S/C12H14N6O2/c1-7-11-9(17(3)14-7)6-18(15-11)8(2)12(19)13-10-4-5-20-16-10/h4-6,8H,1-3H3,(H,13,16,19)/t8-/m0/s1. The molecule has 0 unspecified atom stereocenters. The van der Waals surface area contributed by atoms with Crippen molar-refractivity contribution in [3.8, 4) is 0 Å². The number of carbonyl (C=O) groups is 1. The van der Waals surface area contributed by atoms with Gasteiger partial charge in [0, 0.05) is 13.1 Å². The number of aromatic nitrogens is 5. The molecule has 1 atom stereocenters. The number of aryl methyl sites for hydroxylation is 2. The summed E-state index contributed by atoms with van der Waals surface area (Å²) >= 11 is 0. The Balaban J connectivity index is 1.86. The van der Waals surface area contributed by atoms with E-state index in [1.165, 1.54) is 6.26 Å². The third-order valence-corrected chi connectivity index (χ3v) is 3.17. The Bertz CT molecular complexity index is 720. The molecule has 3 rings (SSSR count). The van der Waals surface area contributed by atoms with Crippen LogP contribution >= 0.6 is 0 Å². The van der Waals surface area contributed by atoms with Crippen molar-refractivity contribution in [1.29, 1.82) is 0 Å². The van der Waals surface area contributed by atoms with Crippen molar-refractivity contribution in [1.82, 2.24) is 24.7 Å². The fourth-order valence-electron chi connectivity index (χ4n) is 2.03. The summed E-state index contributed by atoms with van der Waals surface area (Å²) in [5.41, 5.74) is 2.53. The van der Waals surface area contributed by atoms with Crippen LogP contribution in [0.5, 0.6) is 0 Å². The summed E-state index contributed by atoms with van der Waals surface area (Å²) in [6.07, 6.45) is 3.21. The fraction of sp³-hybridized carbons (Fsp3) is 0.333. The number of hydrogen-bond acceptors (Lipinski definition) is 5. The summed E-state index contributed by atoms with van der Waals surface area (Å²) < 4.78 is 8.04. The molecule has 104 valence electrons. The van der Waals surface area contributed by atoms with E-state index in [4.69, 9.17) is 0 Å². The molecule has 20 heavy (non-hydrogen) atoms. The molecular formula is C12H14N6O2. The minimum absolute atomic E-state index is 0.211. The van der Waals surface area contributed by atoms with Crippen LogP contribution in [0.1, 0.15) is 18.7 Å². The molecule has 0 saturated heterocycles. The van der Waals surface area contributed by atoms with Gasteiger partial charge in [-0.15, -0.1) is 0 Å². The molecular weight excluding hydrogens is 260 g/mol. The van der Waals surface area contributed by atoms with E-state index < -0.39 is 6.04 Å². The summed E-state index contributed by atoms with van der Waals surface area (Å²) in [5.74, 6) is 0.175. The molecule has 0 spiro atoms. The van der Waals surface area contributed by atoms with Gasteiger partial charge in [0.15, 0.2) is 5.82 Å². The summed E-state index contributed by atoms with van der Waals surface area (Å²) in [7, 11) is 1.85. The van der Waals surface area contributed by atoms with Gasteiger partial charge in [0.05, 0.1) is 11.9 Å². The van der Waals surface area contributed by atoms with Gasteiger partial charge in [0.1, 0.15) is 23.3 Å². The van der Waals surface area contributed by atoms with Crippen molar-refractivity contribution in [3.63, 3.8) is 0 Å². The number of carbonyl (C=O) groups excluding carboxylic acids is 1. The van der Waals surface area contributed by atoms with Gasteiger partial charge in [-0.3, -0.25) is 14.2 Å². The molecule has 0 aromatic carbocycles. The second-order valence-electron chi connectivity index (χ2n) is 4.60. The Labute approximate surface area is 114 Å². The first-order valence-corrected chi connectivity index (χ1v) is 6.16. The van der Waals surface area contributed by atoms with E-state index in [0.29, 0.717) is 5.82 Å². The first-order valence-electron chi connectivity index (χ1n) is 6.16. The van der Waals surface area contributed by atoms with E-state index in [0.717, 1.165) is 16.7 Å². The summed E-state index contributed by atoms with van der Waals surface area (Å²) in [4.78, 5) is 12.1. The van der Waals surface area contributed by atoms with Crippen LogP contribution in [0.3, 0.4) is 0 Å². The van der Waals surface area contributed by atoms with Crippen molar-refractivity contribution in [2.45, 2.75) is 19.9 Å². The number of hydrogen-bond donors (Lipinski definition) is 1. The minimum atomic E-state index is -0.460. The molecule has 0 aliphatic rings. The molecule has 0 fully saturated rings. The molecule has 0 saturated carbocycles. The zero-order valence-electron chi connectivity index (χ0n) is 11.4.